The summed E-state index contributed by atoms with van der Waals surface area (Å²) in [6.45, 7) is 3.07. The molecule has 4 rings (SSSR count). The Balaban J connectivity index is 1.41. The number of nitrogens with zero attached hydrogens (tertiary/aromatic N) is 2. The third-order valence-corrected chi connectivity index (χ3v) is 5.04. The highest BCUT2D eigenvalue weighted by molar-refractivity contribution is 5.94. The van der Waals surface area contributed by atoms with Crippen molar-refractivity contribution in [1.82, 2.24) is 4.90 Å². The number of rotatable bonds is 4. The predicted molar refractivity (Wildman–Crippen MR) is 115 cm³/mol. The van der Waals surface area contributed by atoms with Gasteiger partial charge in [-0.05, 0) is 42.5 Å². The van der Waals surface area contributed by atoms with E-state index < -0.39 is 0 Å². The predicted octanol–water partition coefficient (Wildman–Crippen LogP) is 3.97. The monoisotopic (exact) mass is 372 g/mol. The third kappa shape index (κ3) is 3.93. The Labute approximate surface area is 165 Å². The first-order valence-electron chi connectivity index (χ1n) is 9.51. The molecular weight excluding hydrogens is 348 g/mol. The number of hydrogen-bond acceptors (Lipinski definition) is 4. The number of anilines is 4. The van der Waals surface area contributed by atoms with Gasteiger partial charge in [0, 0.05) is 43.1 Å². The lowest BCUT2D eigenvalue weighted by Gasteiger charge is -2.36. The van der Waals surface area contributed by atoms with Gasteiger partial charge < -0.3 is 20.9 Å². The largest absolute Gasteiger partial charge is 0.397 e. The smallest absolute Gasteiger partial charge is 0.253 e. The Morgan fingerprint density at radius 3 is 2.29 bits per heavy atom. The lowest BCUT2D eigenvalue weighted by molar-refractivity contribution is 0.0747. The zero-order valence-corrected chi connectivity index (χ0v) is 15.7. The molecule has 0 radical (unpaired) electrons. The number of carbonyl (C=O) groups is 1. The topological polar surface area (TPSA) is 61.6 Å². The number of hydrogen-bond donors (Lipinski definition) is 2. The van der Waals surface area contributed by atoms with Crippen molar-refractivity contribution < 1.29 is 4.79 Å². The highest BCUT2D eigenvalue weighted by atomic mass is 16.2. The average molecular weight is 372 g/mol. The van der Waals surface area contributed by atoms with E-state index in [4.69, 9.17) is 5.73 Å². The number of benzene rings is 3. The second-order valence-electron chi connectivity index (χ2n) is 6.91. The van der Waals surface area contributed by atoms with E-state index >= 15 is 0 Å². The fourth-order valence-electron chi connectivity index (χ4n) is 3.48. The minimum absolute atomic E-state index is 0.107. The highest BCUT2D eigenvalue weighted by Crippen LogP contribution is 2.26. The summed E-state index contributed by atoms with van der Waals surface area (Å²) in [4.78, 5) is 16.9. The molecule has 5 nitrogen and oxygen atoms in total. The van der Waals surface area contributed by atoms with Gasteiger partial charge in [-0.15, -0.1) is 0 Å². The first-order valence-corrected chi connectivity index (χ1v) is 9.51. The molecule has 1 aliphatic heterocycles. The lowest BCUT2D eigenvalue weighted by atomic mass is 10.1. The maximum atomic E-state index is 12.6. The molecule has 142 valence electrons. The van der Waals surface area contributed by atoms with Gasteiger partial charge in [0.2, 0.25) is 0 Å². The van der Waals surface area contributed by atoms with Crippen LogP contribution in [0.5, 0.6) is 0 Å². The zero-order chi connectivity index (χ0) is 19.3. The van der Waals surface area contributed by atoms with E-state index in [1.807, 2.05) is 71.6 Å². The molecule has 0 spiro atoms. The van der Waals surface area contributed by atoms with E-state index in [9.17, 15) is 4.79 Å². The van der Waals surface area contributed by atoms with Gasteiger partial charge in [-0.2, -0.15) is 0 Å². The van der Waals surface area contributed by atoms with Crippen LogP contribution in [0.3, 0.4) is 0 Å². The van der Waals surface area contributed by atoms with E-state index in [1.54, 1.807) is 0 Å². The Hall–Kier alpha value is -3.47. The van der Waals surface area contributed by atoms with Crippen LogP contribution in [0.1, 0.15) is 10.4 Å². The summed E-state index contributed by atoms with van der Waals surface area (Å²) in [5.74, 6) is 0.107. The summed E-state index contributed by atoms with van der Waals surface area (Å²) in [6.07, 6.45) is 0. The maximum Gasteiger partial charge on any atom is 0.253 e. The molecule has 3 aromatic rings. The minimum atomic E-state index is 0.107. The second-order valence-corrected chi connectivity index (χ2v) is 6.91. The van der Waals surface area contributed by atoms with Gasteiger partial charge in [-0.25, -0.2) is 0 Å². The molecule has 0 saturated carbocycles. The molecule has 3 aromatic carbocycles. The average Bonchev–Trinajstić information content (AvgIpc) is 2.76. The zero-order valence-electron chi connectivity index (χ0n) is 15.7. The number of piperazine rings is 1. The van der Waals surface area contributed by atoms with Crippen molar-refractivity contribution in [3.8, 4) is 0 Å². The van der Waals surface area contributed by atoms with E-state index in [0.29, 0.717) is 0 Å². The molecule has 0 aliphatic carbocycles. The van der Waals surface area contributed by atoms with Crippen LogP contribution < -0.4 is 16.0 Å². The quantitative estimate of drug-likeness (QED) is 0.680. The van der Waals surface area contributed by atoms with Gasteiger partial charge in [0.1, 0.15) is 0 Å². The number of nitrogens with one attached hydrogen (secondary N) is 1. The van der Waals surface area contributed by atoms with Crippen LogP contribution >= 0.6 is 0 Å². The summed E-state index contributed by atoms with van der Waals surface area (Å²) in [7, 11) is 0. The van der Waals surface area contributed by atoms with Crippen LogP contribution in [0.4, 0.5) is 22.7 Å². The molecule has 28 heavy (non-hydrogen) atoms. The normalized spacial score (nSPS) is 14.0. The molecule has 5 heteroatoms. The Morgan fingerprint density at radius 1 is 0.821 bits per heavy atom. The highest BCUT2D eigenvalue weighted by Gasteiger charge is 2.22. The van der Waals surface area contributed by atoms with Gasteiger partial charge in [0.25, 0.3) is 5.91 Å². The molecule has 0 aromatic heterocycles. The lowest BCUT2D eigenvalue weighted by Crippen LogP contribution is -2.48. The van der Waals surface area contributed by atoms with Gasteiger partial charge in [-0.1, -0.05) is 36.4 Å². The molecule has 1 saturated heterocycles. The van der Waals surface area contributed by atoms with Gasteiger partial charge in [-0.3, -0.25) is 4.79 Å². The molecule has 0 unspecified atom stereocenters. The number of para-hydroxylation sites is 2. The van der Waals surface area contributed by atoms with Crippen molar-refractivity contribution in [1.29, 1.82) is 0 Å². The number of carbonyl (C=O) groups excluding carboxylic acids is 1. The standard InChI is InChI=1S/C23H24N4O/c24-21-11-4-5-12-22(21)25-19-9-6-10-20(17-19)26-13-15-27(16-14-26)23(28)18-7-2-1-3-8-18/h1-12,17,25H,13-16,24H2. The second kappa shape index (κ2) is 8.05. The van der Waals surface area contributed by atoms with Crippen molar-refractivity contribution in [2.24, 2.45) is 0 Å². The molecule has 3 N–H and O–H groups in total. The van der Waals surface area contributed by atoms with Crippen LogP contribution in [0.15, 0.2) is 78.9 Å². The first kappa shape index (κ1) is 17.9. The van der Waals surface area contributed by atoms with Crippen molar-refractivity contribution in [3.05, 3.63) is 84.4 Å². The fourth-order valence-corrected chi connectivity index (χ4v) is 3.48. The van der Waals surface area contributed by atoms with Crippen LogP contribution in [0, 0.1) is 0 Å². The van der Waals surface area contributed by atoms with E-state index in [0.717, 1.165) is 54.5 Å². The number of nitrogen functional groups attached to an aromatic ring is 1. The van der Waals surface area contributed by atoms with Crippen molar-refractivity contribution in [3.63, 3.8) is 0 Å². The number of amides is 1. The SMILES string of the molecule is Nc1ccccc1Nc1cccc(N2CCN(C(=O)c3ccccc3)CC2)c1. The van der Waals surface area contributed by atoms with Crippen molar-refractivity contribution in [2.75, 3.05) is 42.1 Å². The molecule has 1 amide bonds. The maximum absolute atomic E-state index is 12.6. The molecule has 1 heterocycles. The van der Waals surface area contributed by atoms with Gasteiger partial charge in [0.15, 0.2) is 0 Å². The Morgan fingerprint density at radius 2 is 1.54 bits per heavy atom. The van der Waals surface area contributed by atoms with Crippen LogP contribution in [0.25, 0.3) is 0 Å². The van der Waals surface area contributed by atoms with Crippen LogP contribution in [0.2, 0.25) is 0 Å². The summed E-state index contributed by atoms with van der Waals surface area (Å²) in [5, 5.41) is 3.38. The van der Waals surface area contributed by atoms with E-state index in [2.05, 4.69) is 22.3 Å². The van der Waals surface area contributed by atoms with Crippen molar-refractivity contribution in [2.45, 2.75) is 0 Å². The van der Waals surface area contributed by atoms with Crippen LogP contribution in [-0.2, 0) is 0 Å². The number of nitrogens with two attached hydrogens (primary N) is 1. The molecule has 0 bridgehead atoms. The fraction of sp³-hybridized carbons (Fsp3) is 0.174. The molecule has 1 fully saturated rings. The summed E-state index contributed by atoms with van der Waals surface area (Å²) < 4.78 is 0. The molecule has 0 atom stereocenters. The Kier molecular flexibility index (Phi) is 5.15. The van der Waals surface area contributed by atoms with E-state index in [-0.39, 0.29) is 5.91 Å². The third-order valence-electron chi connectivity index (χ3n) is 5.04. The van der Waals surface area contributed by atoms with E-state index in [1.165, 1.54) is 0 Å². The summed E-state index contributed by atoms with van der Waals surface area (Å²) in [6, 6.07) is 25.5. The Bertz CT molecular complexity index is 950. The minimum Gasteiger partial charge on any atom is -0.397 e. The first-order chi connectivity index (χ1) is 13.7. The summed E-state index contributed by atoms with van der Waals surface area (Å²) in [5.41, 5.74) is 10.5. The van der Waals surface area contributed by atoms with Gasteiger partial charge >= 0.3 is 0 Å². The van der Waals surface area contributed by atoms with Gasteiger partial charge in [0.05, 0.1) is 11.4 Å². The molecule has 1 aliphatic rings. The van der Waals surface area contributed by atoms with Crippen LogP contribution in [-0.4, -0.2) is 37.0 Å². The summed E-state index contributed by atoms with van der Waals surface area (Å²) >= 11 is 0. The molecular formula is C23H24N4O. The van der Waals surface area contributed by atoms with Crippen molar-refractivity contribution >= 4 is 28.7 Å².